The number of anilines is 1. The van der Waals surface area contributed by atoms with E-state index in [4.69, 9.17) is 0 Å². The topological polar surface area (TPSA) is 86.8 Å². The van der Waals surface area contributed by atoms with Crippen molar-refractivity contribution < 1.29 is 18.0 Å². The molecule has 0 aromatic heterocycles. The van der Waals surface area contributed by atoms with Crippen LogP contribution in [0.2, 0.25) is 0 Å². The molecule has 0 saturated heterocycles. The quantitative estimate of drug-likeness (QED) is 0.347. The molecule has 2 amide bonds. The lowest BCUT2D eigenvalue weighted by Gasteiger charge is -2.32. The van der Waals surface area contributed by atoms with Gasteiger partial charge in [0.1, 0.15) is 12.6 Å². The van der Waals surface area contributed by atoms with Crippen LogP contribution < -0.4 is 9.62 Å². The van der Waals surface area contributed by atoms with Gasteiger partial charge >= 0.3 is 0 Å². The van der Waals surface area contributed by atoms with Crippen molar-refractivity contribution in [3.8, 4) is 0 Å². The minimum atomic E-state index is -4.09. The van der Waals surface area contributed by atoms with Gasteiger partial charge in [-0.3, -0.25) is 13.9 Å². The molecule has 0 aliphatic rings. The number of amides is 2. The number of benzene rings is 3. The second kappa shape index (κ2) is 13.4. The molecule has 3 aromatic rings. The van der Waals surface area contributed by atoms with Crippen LogP contribution in [0.3, 0.4) is 0 Å². The lowest BCUT2D eigenvalue weighted by atomic mass is 10.1. The predicted molar refractivity (Wildman–Crippen MR) is 156 cm³/mol. The van der Waals surface area contributed by atoms with Crippen molar-refractivity contribution in [3.63, 3.8) is 0 Å². The van der Waals surface area contributed by atoms with Crippen LogP contribution in [0.4, 0.5) is 5.69 Å². The highest BCUT2D eigenvalue weighted by Crippen LogP contribution is 2.28. The molecular formula is C31H39N3O4S. The summed E-state index contributed by atoms with van der Waals surface area (Å²) in [6, 6.07) is 22.4. The molecule has 0 bridgehead atoms. The number of aryl methyl sites for hydroxylation is 2. The number of rotatable bonds is 12. The monoisotopic (exact) mass is 549 g/mol. The molecule has 0 unspecified atom stereocenters. The minimum Gasteiger partial charge on any atom is -0.354 e. The summed E-state index contributed by atoms with van der Waals surface area (Å²) in [6.45, 7) is 9.71. The van der Waals surface area contributed by atoms with Crippen LogP contribution in [-0.4, -0.2) is 44.3 Å². The fraction of sp³-hybridized carbons (Fsp3) is 0.355. The summed E-state index contributed by atoms with van der Waals surface area (Å²) < 4.78 is 29.1. The summed E-state index contributed by atoms with van der Waals surface area (Å²) in [6.07, 6.45) is 0.589. The van der Waals surface area contributed by atoms with Crippen molar-refractivity contribution in [1.29, 1.82) is 0 Å². The number of carbonyl (C=O) groups excluding carboxylic acids is 2. The van der Waals surface area contributed by atoms with Crippen LogP contribution in [-0.2, 0) is 32.6 Å². The van der Waals surface area contributed by atoms with Gasteiger partial charge in [-0.2, -0.15) is 0 Å². The molecule has 1 atom stereocenters. The van der Waals surface area contributed by atoms with Gasteiger partial charge in [0.15, 0.2) is 0 Å². The molecule has 3 aromatic carbocycles. The Labute approximate surface area is 232 Å². The third kappa shape index (κ3) is 7.69. The molecule has 3 rings (SSSR count). The van der Waals surface area contributed by atoms with Crippen molar-refractivity contribution in [2.75, 3.05) is 17.4 Å². The highest BCUT2D eigenvalue weighted by atomic mass is 32.2. The Kier molecular flexibility index (Phi) is 10.3. The van der Waals surface area contributed by atoms with E-state index in [1.165, 1.54) is 9.21 Å². The summed E-state index contributed by atoms with van der Waals surface area (Å²) >= 11 is 0. The van der Waals surface area contributed by atoms with Gasteiger partial charge in [0.25, 0.3) is 10.0 Å². The van der Waals surface area contributed by atoms with Crippen LogP contribution in [0.25, 0.3) is 0 Å². The number of hydrogen-bond acceptors (Lipinski definition) is 4. The normalized spacial score (nSPS) is 12.2. The molecule has 0 heterocycles. The second-order valence-corrected chi connectivity index (χ2v) is 12.0. The van der Waals surface area contributed by atoms with Crippen molar-refractivity contribution in [2.24, 2.45) is 5.92 Å². The first-order chi connectivity index (χ1) is 18.5. The van der Waals surface area contributed by atoms with E-state index < -0.39 is 28.5 Å². The SMILES string of the molecule is CCc1ccccc1N(CC(=O)N(Cc1ccccc1)[C@@H](C)C(=O)NCC(C)C)S(=O)(=O)c1ccc(C)cc1. The zero-order valence-electron chi connectivity index (χ0n) is 23.4. The molecule has 8 heteroatoms. The third-order valence-corrected chi connectivity index (χ3v) is 8.35. The Morgan fingerprint density at radius 1 is 0.872 bits per heavy atom. The van der Waals surface area contributed by atoms with Crippen LogP contribution in [0.15, 0.2) is 83.8 Å². The van der Waals surface area contributed by atoms with E-state index in [1.807, 2.05) is 70.2 Å². The number of sulfonamides is 1. The number of carbonyl (C=O) groups is 2. The first-order valence-corrected chi connectivity index (χ1v) is 14.8. The van der Waals surface area contributed by atoms with Crippen molar-refractivity contribution in [3.05, 3.63) is 95.6 Å². The maximum atomic E-state index is 14.0. The van der Waals surface area contributed by atoms with Crippen LogP contribution >= 0.6 is 0 Å². The molecule has 0 radical (unpaired) electrons. The van der Waals surface area contributed by atoms with Crippen LogP contribution in [0.5, 0.6) is 0 Å². The molecule has 0 aliphatic heterocycles. The average molecular weight is 550 g/mol. The van der Waals surface area contributed by atoms with E-state index in [-0.39, 0.29) is 23.3 Å². The lowest BCUT2D eigenvalue weighted by Crippen LogP contribution is -2.51. The Hall–Kier alpha value is -3.65. The lowest BCUT2D eigenvalue weighted by molar-refractivity contribution is -0.139. The van der Waals surface area contributed by atoms with Crippen molar-refractivity contribution >= 4 is 27.5 Å². The third-order valence-electron chi connectivity index (χ3n) is 6.58. The van der Waals surface area contributed by atoms with E-state index in [0.717, 1.165) is 16.7 Å². The fourth-order valence-corrected chi connectivity index (χ4v) is 5.67. The molecule has 1 N–H and O–H groups in total. The molecule has 0 aliphatic carbocycles. The highest BCUT2D eigenvalue weighted by molar-refractivity contribution is 7.92. The molecule has 39 heavy (non-hydrogen) atoms. The van der Waals surface area contributed by atoms with Crippen molar-refractivity contribution in [1.82, 2.24) is 10.2 Å². The summed E-state index contributed by atoms with van der Waals surface area (Å²) in [5, 5.41) is 2.90. The predicted octanol–water partition coefficient (Wildman–Crippen LogP) is 4.94. The number of nitrogens with one attached hydrogen (secondary N) is 1. The number of nitrogens with zero attached hydrogens (tertiary/aromatic N) is 2. The van der Waals surface area contributed by atoms with Gasteiger partial charge in [0.2, 0.25) is 11.8 Å². The zero-order chi connectivity index (χ0) is 28.6. The Morgan fingerprint density at radius 3 is 2.10 bits per heavy atom. The summed E-state index contributed by atoms with van der Waals surface area (Å²) in [5.41, 5.74) is 3.03. The second-order valence-electron chi connectivity index (χ2n) is 10.1. The van der Waals surface area contributed by atoms with Crippen molar-refractivity contribution in [2.45, 2.75) is 58.5 Å². The van der Waals surface area contributed by atoms with Crippen LogP contribution in [0.1, 0.15) is 44.4 Å². The van der Waals surface area contributed by atoms with Gasteiger partial charge < -0.3 is 10.2 Å². The number of para-hydroxylation sites is 1. The maximum Gasteiger partial charge on any atom is 0.264 e. The van der Waals surface area contributed by atoms with Gasteiger partial charge in [-0.15, -0.1) is 0 Å². The number of hydrogen-bond donors (Lipinski definition) is 1. The van der Waals surface area contributed by atoms with Crippen LogP contribution in [0, 0.1) is 12.8 Å². The first kappa shape index (κ1) is 29.9. The molecular weight excluding hydrogens is 510 g/mol. The van der Waals surface area contributed by atoms with Gasteiger partial charge in [-0.25, -0.2) is 8.42 Å². The van der Waals surface area contributed by atoms with E-state index in [0.29, 0.717) is 18.7 Å². The zero-order valence-corrected chi connectivity index (χ0v) is 24.2. The summed E-state index contributed by atoms with van der Waals surface area (Å²) in [4.78, 5) is 28.6. The Morgan fingerprint density at radius 2 is 1.49 bits per heavy atom. The first-order valence-electron chi connectivity index (χ1n) is 13.3. The molecule has 0 saturated carbocycles. The van der Waals surface area contributed by atoms with E-state index in [1.54, 1.807) is 43.3 Å². The smallest absolute Gasteiger partial charge is 0.264 e. The largest absolute Gasteiger partial charge is 0.354 e. The molecule has 0 fully saturated rings. The molecule has 0 spiro atoms. The maximum absolute atomic E-state index is 14.0. The molecule has 208 valence electrons. The van der Waals surface area contributed by atoms with E-state index in [2.05, 4.69) is 5.32 Å². The highest BCUT2D eigenvalue weighted by Gasteiger charge is 2.33. The summed E-state index contributed by atoms with van der Waals surface area (Å²) in [7, 11) is -4.09. The standard InChI is InChI=1S/C31H39N3O4S/c1-6-27-14-10-11-15-29(27)34(39(37,38)28-18-16-24(4)17-19-28)22-30(35)33(21-26-12-8-7-9-13-26)25(5)31(36)32-20-23(2)3/h7-19,23,25H,6,20-22H2,1-5H3,(H,32,36)/t25-/m0/s1. The summed E-state index contributed by atoms with van der Waals surface area (Å²) in [5.74, 6) is -0.498. The molecule has 7 nitrogen and oxygen atoms in total. The minimum absolute atomic E-state index is 0.101. The average Bonchev–Trinajstić information content (AvgIpc) is 2.93. The van der Waals surface area contributed by atoms with Gasteiger partial charge in [0.05, 0.1) is 10.6 Å². The van der Waals surface area contributed by atoms with Gasteiger partial charge in [-0.05, 0) is 55.5 Å². The van der Waals surface area contributed by atoms with E-state index >= 15 is 0 Å². The van der Waals surface area contributed by atoms with Gasteiger partial charge in [0, 0.05) is 13.1 Å². The fourth-order valence-electron chi connectivity index (χ4n) is 4.22. The van der Waals surface area contributed by atoms with Gasteiger partial charge in [-0.1, -0.05) is 87.0 Å². The Balaban J connectivity index is 2.03. The Bertz CT molecular complexity index is 1360. The van der Waals surface area contributed by atoms with E-state index in [9.17, 15) is 18.0 Å².